The van der Waals surface area contributed by atoms with E-state index in [0.717, 1.165) is 0 Å². The van der Waals surface area contributed by atoms with Crippen molar-refractivity contribution < 1.29 is 26.3 Å². The number of pyridine rings is 1. The number of alkyl halides is 6. The molecule has 0 radical (unpaired) electrons. The lowest BCUT2D eigenvalue weighted by Crippen LogP contribution is -2.16. The topological polar surface area (TPSA) is 36.7 Å². The number of halogens is 6. The van der Waals surface area contributed by atoms with Crippen LogP contribution in [0.1, 0.15) is 16.8 Å². The van der Waals surface area contributed by atoms with Crippen LogP contribution in [0.25, 0.3) is 0 Å². The van der Waals surface area contributed by atoms with Gasteiger partial charge in [0.2, 0.25) is 0 Å². The fourth-order valence-electron chi connectivity index (χ4n) is 1.67. The highest BCUT2D eigenvalue weighted by molar-refractivity contribution is 7.99. The van der Waals surface area contributed by atoms with Crippen molar-refractivity contribution in [3.05, 3.63) is 53.2 Å². The Morgan fingerprint density at radius 2 is 1.57 bits per heavy atom. The van der Waals surface area contributed by atoms with Crippen LogP contribution in [0.2, 0.25) is 0 Å². The molecule has 0 N–H and O–H groups in total. The molecule has 0 atom stereocenters. The molecule has 0 saturated heterocycles. The largest absolute Gasteiger partial charge is 0.433 e. The van der Waals surface area contributed by atoms with Crippen molar-refractivity contribution in [2.75, 3.05) is 0 Å². The number of nitriles is 1. The zero-order chi connectivity index (χ0) is 17.3. The van der Waals surface area contributed by atoms with Gasteiger partial charge in [0, 0.05) is 4.90 Å². The molecule has 9 heteroatoms. The van der Waals surface area contributed by atoms with E-state index in [1.54, 1.807) is 18.2 Å². The number of aromatic nitrogens is 1. The zero-order valence-electron chi connectivity index (χ0n) is 11.0. The van der Waals surface area contributed by atoms with E-state index in [0.29, 0.717) is 16.7 Å². The third-order valence-electron chi connectivity index (χ3n) is 2.65. The summed E-state index contributed by atoms with van der Waals surface area (Å²) in [5.41, 5.74) is -4.28. The molecular formula is C14H6F6N2S. The first-order chi connectivity index (χ1) is 10.6. The molecule has 0 unspecified atom stereocenters. The average Bonchev–Trinajstić information content (AvgIpc) is 2.45. The van der Waals surface area contributed by atoms with E-state index in [1.165, 1.54) is 18.2 Å². The van der Waals surface area contributed by atoms with E-state index < -0.39 is 34.2 Å². The van der Waals surface area contributed by atoms with E-state index in [1.807, 2.05) is 0 Å². The summed E-state index contributed by atoms with van der Waals surface area (Å²) >= 11 is 0.566. The lowest BCUT2D eigenvalue weighted by molar-refractivity contribution is -0.146. The van der Waals surface area contributed by atoms with Crippen molar-refractivity contribution in [2.45, 2.75) is 22.3 Å². The molecule has 1 heterocycles. The van der Waals surface area contributed by atoms with Gasteiger partial charge in [-0.2, -0.15) is 31.6 Å². The van der Waals surface area contributed by atoms with Crippen molar-refractivity contribution in [2.24, 2.45) is 0 Å². The number of benzene rings is 1. The maximum atomic E-state index is 13.0. The van der Waals surface area contributed by atoms with Crippen molar-refractivity contribution in [3.8, 4) is 6.07 Å². The van der Waals surface area contributed by atoms with Crippen molar-refractivity contribution >= 4 is 11.8 Å². The number of hydrogen-bond acceptors (Lipinski definition) is 3. The van der Waals surface area contributed by atoms with Gasteiger partial charge < -0.3 is 0 Å². The monoisotopic (exact) mass is 348 g/mol. The number of nitrogens with zero attached hydrogens (tertiary/aromatic N) is 2. The minimum absolute atomic E-state index is 0.145. The summed E-state index contributed by atoms with van der Waals surface area (Å²) < 4.78 is 77.3. The first-order valence-corrected chi connectivity index (χ1v) is 6.77. The van der Waals surface area contributed by atoms with Gasteiger partial charge in [0.1, 0.15) is 16.8 Å². The fourth-order valence-corrected chi connectivity index (χ4v) is 2.59. The van der Waals surface area contributed by atoms with Crippen LogP contribution in [0.4, 0.5) is 26.3 Å². The second-order valence-electron chi connectivity index (χ2n) is 4.26. The Labute approximate surface area is 130 Å². The Balaban J connectivity index is 2.66. The van der Waals surface area contributed by atoms with Crippen LogP contribution in [0, 0.1) is 11.3 Å². The maximum absolute atomic E-state index is 13.0. The maximum Gasteiger partial charge on any atom is 0.433 e. The molecular weight excluding hydrogens is 342 g/mol. The Morgan fingerprint density at radius 1 is 0.957 bits per heavy atom. The SMILES string of the molecule is N#Cc1c(C(F)(F)F)cc(C(F)(F)F)nc1Sc1ccccc1. The van der Waals surface area contributed by atoms with Gasteiger partial charge in [-0.3, -0.25) is 0 Å². The molecule has 2 nitrogen and oxygen atoms in total. The smallest absolute Gasteiger partial charge is 0.235 e. The first kappa shape index (κ1) is 17.1. The van der Waals surface area contributed by atoms with Gasteiger partial charge in [-0.25, -0.2) is 4.98 Å². The molecule has 1 aromatic carbocycles. The Hall–Kier alpha value is -2.21. The predicted octanol–water partition coefficient (Wildman–Crippen LogP) is 5.14. The predicted molar refractivity (Wildman–Crippen MR) is 69.5 cm³/mol. The molecule has 2 rings (SSSR count). The van der Waals surface area contributed by atoms with Gasteiger partial charge in [-0.05, 0) is 18.2 Å². The lowest BCUT2D eigenvalue weighted by atomic mass is 10.1. The van der Waals surface area contributed by atoms with Gasteiger partial charge >= 0.3 is 12.4 Å². The molecule has 1 aromatic heterocycles. The zero-order valence-corrected chi connectivity index (χ0v) is 11.9. The third kappa shape index (κ3) is 3.96. The molecule has 0 aliphatic heterocycles. The number of hydrogen-bond donors (Lipinski definition) is 0. The second-order valence-corrected chi connectivity index (χ2v) is 5.32. The van der Waals surface area contributed by atoms with Crippen LogP contribution in [0.3, 0.4) is 0 Å². The van der Waals surface area contributed by atoms with Gasteiger partial charge in [0.15, 0.2) is 0 Å². The second kappa shape index (κ2) is 6.12. The highest BCUT2D eigenvalue weighted by Gasteiger charge is 2.41. The summed E-state index contributed by atoms with van der Waals surface area (Å²) in [7, 11) is 0. The molecule has 0 spiro atoms. The highest BCUT2D eigenvalue weighted by Crippen LogP contribution is 2.40. The van der Waals surface area contributed by atoms with E-state index in [4.69, 9.17) is 5.26 Å². The molecule has 0 saturated carbocycles. The summed E-state index contributed by atoms with van der Waals surface area (Å²) in [6, 6.07) is 8.89. The molecule has 23 heavy (non-hydrogen) atoms. The molecule has 0 amide bonds. The average molecular weight is 348 g/mol. The summed E-state index contributed by atoms with van der Waals surface area (Å²) in [5, 5.41) is 8.31. The Morgan fingerprint density at radius 3 is 2.04 bits per heavy atom. The van der Waals surface area contributed by atoms with E-state index in [2.05, 4.69) is 4.98 Å². The highest BCUT2D eigenvalue weighted by atomic mass is 32.2. The summed E-state index contributed by atoms with van der Waals surface area (Å²) in [6.45, 7) is 0. The van der Waals surface area contributed by atoms with Crippen LogP contribution in [0.15, 0.2) is 46.3 Å². The van der Waals surface area contributed by atoms with Crippen molar-refractivity contribution in [1.82, 2.24) is 4.98 Å². The van der Waals surface area contributed by atoms with Crippen LogP contribution in [0.5, 0.6) is 0 Å². The minimum Gasteiger partial charge on any atom is -0.235 e. The standard InChI is InChI=1S/C14H6F6N2S/c15-13(16,17)10-6-11(14(18,19)20)22-12(9(10)7-21)23-8-4-2-1-3-5-8/h1-6H. The first-order valence-electron chi connectivity index (χ1n) is 5.95. The van der Waals surface area contributed by atoms with E-state index in [9.17, 15) is 26.3 Å². The quantitative estimate of drug-likeness (QED) is 0.705. The van der Waals surface area contributed by atoms with Crippen LogP contribution >= 0.6 is 11.8 Å². The van der Waals surface area contributed by atoms with E-state index in [-0.39, 0.29) is 6.07 Å². The van der Waals surface area contributed by atoms with Crippen LogP contribution < -0.4 is 0 Å². The van der Waals surface area contributed by atoms with E-state index >= 15 is 0 Å². The summed E-state index contributed by atoms with van der Waals surface area (Å²) in [6.07, 6.45) is -10.2. The molecule has 0 aliphatic carbocycles. The minimum atomic E-state index is -5.10. The fraction of sp³-hybridized carbons (Fsp3) is 0.143. The molecule has 0 bridgehead atoms. The van der Waals surface area contributed by atoms with Gasteiger partial charge in [-0.15, -0.1) is 0 Å². The van der Waals surface area contributed by atoms with Crippen LogP contribution in [-0.4, -0.2) is 4.98 Å². The number of rotatable bonds is 2. The van der Waals surface area contributed by atoms with Crippen LogP contribution in [-0.2, 0) is 12.4 Å². The van der Waals surface area contributed by atoms with Gasteiger partial charge in [-0.1, -0.05) is 30.0 Å². The Kier molecular flexibility index (Phi) is 4.56. The third-order valence-corrected chi connectivity index (χ3v) is 3.65. The normalized spacial score (nSPS) is 12.0. The van der Waals surface area contributed by atoms with Gasteiger partial charge in [0.05, 0.1) is 11.1 Å². The molecule has 0 fully saturated rings. The summed E-state index contributed by atoms with van der Waals surface area (Å²) in [4.78, 5) is 3.56. The molecule has 2 aromatic rings. The summed E-state index contributed by atoms with van der Waals surface area (Å²) in [5.74, 6) is 0. The van der Waals surface area contributed by atoms with Crippen molar-refractivity contribution in [1.29, 1.82) is 5.26 Å². The van der Waals surface area contributed by atoms with Gasteiger partial charge in [0.25, 0.3) is 0 Å². The molecule has 0 aliphatic rings. The molecule has 120 valence electrons. The Bertz CT molecular complexity index is 747. The van der Waals surface area contributed by atoms with Crippen molar-refractivity contribution in [3.63, 3.8) is 0 Å². The lowest BCUT2D eigenvalue weighted by Gasteiger charge is -2.15.